The van der Waals surface area contributed by atoms with Crippen LogP contribution in [0.5, 0.6) is 0 Å². The highest BCUT2D eigenvalue weighted by Crippen LogP contribution is 2.29. The molecule has 2 N–H and O–H groups in total. The molecule has 0 fully saturated rings. The largest absolute Gasteiger partial charge is 0.402 e. The second kappa shape index (κ2) is 5.28. The summed E-state index contributed by atoms with van der Waals surface area (Å²) >= 11 is 0. The van der Waals surface area contributed by atoms with Crippen molar-refractivity contribution in [2.45, 2.75) is 13.5 Å². The SMILES string of the molecule is CC(=O)Cn1cc(-c2nc(-c3nonc3N)no2)c([N+](=O)[O-])n1. The number of nitrogens with two attached hydrogens (primary N) is 1. The van der Waals surface area contributed by atoms with Crippen molar-refractivity contribution in [2.75, 3.05) is 5.73 Å². The van der Waals surface area contributed by atoms with Gasteiger partial charge in [-0.15, -0.1) is 0 Å². The summed E-state index contributed by atoms with van der Waals surface area (Å²) in [6.45, 7) is 1.21. The van der Waals surface area contributed by atoms with Crippen LogP contribution in [0.3, 0.4) is 0 Å². The molecule has 0 amide bonds. The lowest BCUT2D eigenvalue weighted by Crippen LogP contribution is -2.06. The molecule has 0 unspecified atom stereocenters. The van der Waals surface area contributed by atoms with Gasteiger partial charge in [0.1, 0.15) is 6.54 Å². The molecule has 0 radical (unpaired) electrons. The van der Waals surface area contributed by atoms with Gasteiger partial charge >= 0.3 is 5.82 Å². The van der Waals surface area contributed by atoms with Crippen molar-refractivity contribution in [3.63, 3.8) is 0 Å². The molecule has 3 aromatic heterocycles. The number of hydrogen-bond donors (Lipinski definition) is 1. The minimum atomic E-state index is -0.720. The van der Waals surface area contributed by atoms with Gasteiger partial charge in [0.15, 0.2) is 22.9 Å². The summed E-state index contributed by atoms with van der Waals surface area (Å²) in [5, 5.41) is 25.3. The fraction of sp³-hybridized carbons (Fsp3) is 0.200. The molecule has 13 nitrogen and oxygen atoms in total. The zero-order valence-electron chi connectivity index (χ0n) is 11.5. The summed E-state index contributed by atoms with van der Waals surface area (Å²) in [6, 6.07) is 0. The monoisotopic (exact) mass is 320 g/mol. The first-order valence-corrected chi connectivity index (χ1v) is 6.09. The van der Waals surface area contributed by atoms with Gasteiger partial charge in [0.25, 0.3) is 5.89 Å². The molecule has 0 saturated carbocycles. The summed E-state index contributed by atoms with van der Waals surface area (Å²) in [5.41, 5.74) is 5.51. The highest BCUT2D eigenvalue weighted by molar-refractivity contribution is 5.75. The Hall–Kier alpha value is -3.64. The van der Waals surface area contributed by atoms with Crippen molar-refractivity contribution in [3.8, 4) is 23.0 Å². The number of hydrogen-bond acceptors (Lipinski definition) is 11. The predicted octanol–water partition coefficient (Wildman–Crippen LogP) is 0.0625. The Morgan fingerprint density at radius 2 is 2.22 bits per heavy atom. The fourth-order valence-corrected chi connectivity index (χ4v) is 1.79. The van der Waals surface area contributed by atoms with E-state index in [0.717, 1.165) is 4.68 Å². The minimum Gasteiger partial charge on any atom is -0.379 e. The Labute approximate surface area is 126 Å². The number of anilines is 1. The van der Waals surface area contributed by atoms with E-state index in [4.69, 9.17) is 10.3 Å². The molecule has 0 bridgehead atoms. The van der Waals surface area contributed by atoms with Crippen LogP contribution in [0, 0.1) is 10.1 Å². The van der Waals surface area contributed by atoms with E-state index < -0.39 is 10.7 Å². The maximum absolute atomic E-state index is 11.1. The molecule has 3 rings (SSSR count). The topological polar surface area (TPSA) is 182 Å². The Morgan fingerprint density at radius 3 is 2.83 bits per heavy atom. The molecule has 3 heterocycles. The Balaban J connectivity index is 2.03. The number of carbonyl (C=O) groups excluding carboxylic acids is 1. The van der Waals surface area contributed by atoms with E-state index in [9.17, 15) is 14.9 Å². The van der Waals surface area contributed by atoms with Crippen molar-refractivity contribution in [1.29, 1.82) is 0 Å². The quantitative estimate of drug-likeness (QED) is 0.495. The third kappa shape index (κ3) is 2.61. The molecule has 3 aromatic rings. The number of carbonyl (C=O) groups is 1. The first-order chi connectivity index (χ1) is 11.0. The molecular formula is C10H8N8O5. The van der Waals surface area contributed by atoms with Crippen molar-refractivity contribution < 1.29 is 18.9 Å². The van der Waals surface area contributed by atoms with Crippen LogP contribution in [-0.4, -0.2) is 40.9 Å². The van der Waals surface area contributed by atoms with E-state index in [2.05, 4.69) is 30.2 Å². The number of aromatic nitrogens is 6. The van der Waals surface area contributed by atoms with E-state index in [0.29, 0.717) is 0 Å². The lowest BCUT2D eigenvalue weighted by Gasteiger charge is -1.88. The van der Waals surface area contributed by atoms with Crippen LogP contribution < -0.4 is 5.73 Å². The van der Waals surface area contributed by atoms with Crippen LogP contribution in [0.1, 0.15) is 6.92 Å². The molecule has 23 heavy (non-hydrogen) atoms. The molecule has 118 valence electrons. The lowest BCUT2D eigenvalue weighted by molar-refractivity contribution is -0.389. The van der Waals surface area contributed by atoms with E-state index in [1.165, 1.54) is 13.1 Å². The van der Waals surface area contributed by atoms with Crippen LogP contribution in [0.2, 0.25) is 0 Å². The van der Waals surface area contributed by atoms with Gasteiger partial charge in [-0.2, -0.15) is 9.67 Å². The van der Waals surface area contributed by atoms with Crippen LogP contribution in [-0.2, 0) is 11.3 Å². The third-order valence-corrected chi connectivity index (χ3v) is 2.68. The molecule has 0 aliphatic rings. The number of ketones is 1. The summed E-state index contributed by atoms with van der Waals surface area (Å²) < 4.78 is 10.5. The van der Waals surface area contributed by atoms with E-state index in [1.54, 1.807) is 0 Å². The number of nitro groups is 1. The molecule has 0 aliphatic heterocycles. The fourth-order valence-electron chi connectivity index (χ4n) is 1.79. The Morgan fingerprint density at radius 1 is 1.43 bits per heavy atom. The van der Waals surface area contributed by atoms with Gasteiger partial charge in [-0.05, 0) is 22.2 Å². The molecule has 0 aliphatic carbocycles. The maximum Gasteiger partial charge on any atom is 0.402 e. The summed E-state index contributed by atoms with van der Waals surface area (Å²) in [6.07, 6.45) is 1.27. The van der Waals surface area contributed by atoms with Crippen LogP contribution >= 0.6 is 0 Å². The summed E-state index contributed by atoms with van der Waals surface area (Å²) in [7, 11) is 0. The van der Waals surface area contributed by atoms with Gasteiger partial charge < -0.3 is 20.4 Å². The molecule has 0 spiro atoms. The number of nitrogens with zero attached hydrogens (tertiary/aromatic N) is 7. The highest BCUT2D eigenvalue weighted by atomic mass is 16.6. The first kappa shape index (κ1) is 14.3. The van der Waals surface area contributed by atoms with E-state index in [1.807, 2.05) is 0 Å². The van der Waals surface area contributed by atoms with Crippen molar-refractivity contribution in [3.05, 3.63) is 16.3 Å². The smallest absolute Gasteiger partial charge is 0.379 e. The van der Waals surface area contributed by atoms with E-state index >= 15 is 0 Å². The predicted molar refractivity (Wildman–Crippen MR) is 70.6 cm³/mol. The molecule has 0 atom stereocenters. The average molecular weight is 320 g/mol. The van der Waals surface area contributed by atoms with Crippen LogP contribution in [0.15, 0.2) is 15.3 Å². The second-order valence-electron chi connectivity index (χ2n) is 4.44. The number of rotatable bonds is 5. The number of nitrogen functional groups attached to an aromatic ring is 1. The van der Waals surface area contributed by atoms with Gasteiger partial charge in [0.05, 0.1) is 11.3 Å². The minimum absolute atomic E-state index is 0.0370. The number of Topliss-reactive ketones (excluding diaryl/α,β-unsaturated/α-hetero) is 1. The Kier molecular flexibility index (Phi) is 3.29. The zero-order chi connectivity index (χ0) is 16.6. The van der Waals surface area contributed by atoms with Crippen molar-refractivity contribution in [2.24, 2.45) is 0 Å². The summed E-state index contributed by atoms with van der Waals surface area (Å²) in [5.74, 6) is -1.02. The normalized spacial score (nSPS) is 10.8. The van der Waals surface area contributed by atoms with Crippen LogP contribution in [0.25, 0.3) is 23.0 Å². The second-order valence-corrected chi connectivity index (χ2v) is 4.44. The van der Waals surface area contributed by atoms with Gasteiger partial charge in [0.2, 0.25) is 5.82 Å². The third-order valence-electron chi connectivity index (χ3n) is 2.68. The van der Waals surface area contributed by atoms with Crippen molar-refractivity contribution in [1.82, 2.24) is 30.2 Å². The molecule has 0 saturated heterocycles. The van der Waals surface area contributed by atoms with Gasteiger partial charge in [0, 0.05) is 0 Å². The summed E-state index contributed by atoms with van der Waals surface area (Å²) in [4.78, 5) is 25.4. The molecular weight excluding hydrogens is 312 g/mol. The Bertz CT molecular complexity index is 893. The highest BCUT2D eigenvalue weighted by Gasteiger charge is 2.28. The van der Waals surface area contributed by atoms with E-state index in [-0.39, 0.29) is 41.1 Å². The molecule has 13 heteroatoms. The zero-order valence-corrected chi connectivity index (χ0v) is 11.5. The van der Waals surface area contributed by atoms with Gasteiger partial charge in [-0.3, -0.25) is 4.79 Å². The maximum atomic E-state index is 11.1. The molecule has 0 aromatic carbocycles. The van der Waals surface area contributed by atoms with Crippen molar-refractivity contribution >= 4 is 17.4 Å². The average Bonchev–Trinajstić information content (AvgIpc) is 3.15. The van der Waals surface area contributed by atoms with Gasteiger partial charge in [-0.1, -0.05) is 5.16 Å². The standard InChI is InChI=1S/C10H8N8O5/c1-4(19)2-17-3-5(9(13-17)18(20)21)10-12-8(16-22-10)6-7(11)15-23-14-6/h3H,2H2,1H3,(H2,11,15). The first-order valence-electron chi connectivity index (χ1n) is 6.09. The van der Waals surface area contributed by atoms with Gasteiger partial charge in [-0.25, -0.2) is 4.63 Å². The lowest BCUT2D eigenvalue weighted by atomic mass is 10.3. The van der Waals surface area contributed by atoms with Crippen LogP contribution in [0.4, 0.5) is 11.6 Å².